The van der Waals surface area contributed by atoms with Gasteiger partial charge >= 0.3 is 0 Å². The zero-order chi connectivity index (χ0) is 24.8. The first-order valence-electron chi connectivity index (χ1n) is 11.5. The van der Waals surface area contributed by atoms with Gasteiger partial charge in [-0.25, -0.2) is 0 Å². The predicted octanol–water partition coefficient (Wildman–Crippen LogP) is 6.13. The van der Waals surface area contributed by atoms with Crippen LogP contribution in [0.3, 0.4) is 0 Å². The van der Waals surface area contributed by atoms with Crippen molar-refractivity contribution in [3.05, 3.63) is 76.6 Å². The lowest BCUT2D eigenvalue weighted by atomic mass is 10.0. The minimum absolute atomic E-state index is 0.0765. The van der Waals surface area contributed by atoms with E-state index in [0.717, 1.165) is 33.7 Å². The Kier molecular flexibility index (Phi) is 8.56. The lowest BCUT2D eigenvalue weighted by Crippen LogP contribution is -2.16. The minimum Gasteiger partial charge on any atom is -0.485 e. The summed E-state index contributed by atoms with van der Waals surface area (Å²) in [4.78, 5) is 12.7. The molecule has 0 unspecified atom stereocenters. The van der Waals surface area contributed by atoms with Crippen LogP contribution in [0.1, 0.15) is 53.4 Å². The van der Waals surface area contributed by atoms with E-state index in [4.69, 9.17) is 4.74 Å². The quantitative estimate of drug-likeness (QED) is 0.280. The van der Waals surface area contributed by atoms with E-state index in [-0.39, 0.29) is 11.7 Å². The molecule has 0 saturated carbocycles. The van der Waals surface area contributed by atoms with Gasteiger partial charge in [0, 0.05) is 12.2 Å². The molecule has 180 valence electrons. The molecular formula is C27H34N4O2S. The third kappa shape index (κ3) is 6.29. The Morgan fingerprint density at radius 2 is 1.82 bits per heavy atom. The number of amides is 1. The van der Waals surface area contributed by atoms with Gasteiger partial charge in [0.1, 0.15) is 12.4 Å². The first-order valence-corrected chi connectivity index (χ1v) is 12.4. The topological polar surface area (TPSA) is 69.0 Å². The molecule has 0 atom stereocenters. The normalized spacial score (nSPS) is 11.0. The van der Waals surface area contributed by atoms with Gasteiger partial charge in [-0.3, -0.25) is 9.36 Å². The number of aromatic nitrogens is 3. The molecule has 1 aromatic heterocycles. The molecule has 6 nitrogen and oxygen atoms in total. The van der Waals surface area contributed by atoms with E-state index in [1.54, 1.807) is 6.08 Å². The summed E-state index contributed by atoms with van der Waals surface area (Å²) in [7, 11) is 0. The number of hydrogen-bond acceptors (Lipinski definition) is 5. The van der Waals surface area contributed by atoms with E-state index in [1.807, 2.05) is 18.4 Å². The van der Waals surface area contributed by atoms with Crippen molar-refractivity contribution >= 4 is 23.4 Å². The van der Waals surface area contributed by atoms with Crippen LogP contribution in [0.25, 0.3) is 0 Å². The van der Waals surface area contributed by atoms with Gasteiger partial charge < -0.3 is 10.1 Å². The standard InChI is InChI=1S/C27H34N4O2S/c1-8-11-31-24(15-33-23-14-18(4)9-10-22(23)17(2)3)29-30-27(31)34-16-25(32)28-26-20(6)12-19(5)13-21(26)7/h8-10,12-14,17H,1,11,15-16H2,2-7H3,(H,28,32). The lowest BCUT2D eigenvalue weighted by molar-refractivity contribution is -0.113. The summed E-state index contributed by atoms with van der Waals surface area (Å²) in [5.74, 6) is 2.07. The third-order valence-electron chi connectivity index (χ3n) is 5.53. The van der Waals surface area contributed by atoms with E-state index in [9.17, 15) is 4.79 Å². The minimum atomic E-state index is -0.0765. The highest BCUT2D eigenvalue weighted by Crippen LogP contribution is 2.29. The van der Waals surface area contributed by atoms with Crippen molar-refractivity contribution in [2.24, 2.45) is 0 Å². The molecule has 34 heavy (non-hydrogen) atoms. The Bertz CT molecular complexity index is 1160. The van der Waals surface area contributed by atoms with Crippen molar-refractivity contribution in [3.8, 4) is 5.75 Å². The number of carbonyl (C=O) groups excluding carboxylic acids is 1. The van der Waals surface area contributed by atoms with Crippen molar-refractivity contribution in [2.45, 2.75) is 65.8 Å². The number of aryl methyl sites for hydroxylation is 4. The van der Waals surface area contributed by atoms with Crippen LogP contribution in [0, 0.1) is 27.7 Å². The zero-order valence-electron chi connectivity index (χ0n) is 20.9. The molecule has 7 heteroatoms. The Morgan fingerprint density at radius 3 is 2.47 bits per heavy atom. The Morgan fingerprint density at radius 1 is 1.12 bits per heavy atom. The number of thioether (sulfide) groups is 1. The molecule has 3 aromatic rings. The van der Waals surface area contributed by atoms with Crippen molar-refractivity contribution in [1.29, 1.82) is 0 Å². The van der Waals surface area contributed by atoms with Crippen LogP contribution in [-0.2, 0) is 17.9 Å². The van der Waals surface area contributed by atoms with Crippen molar-refractivity contribution < 1.29 is 9.53 Å². The molecule has 0 saturated heterocycles. The van der Waals surface area contributed by atoms with Crippen LogP contribution >= 0.6 is 11.8 Å². The molecule has 0 aliphatic heterocycles. The number of nitrogens with one attached hydrogen (secondary N) is 1. The number of nitrogens with zero attached hydrogens (tertiary/aromatic N) is 3. The number of ether oxygens (including phenoxy) is 1. The van der Waals surface area contributed by atoms with Gasteiger partial charge in [0.25, 0.3) is 0 Å². The highest BCUT2D eigenvalue weighted by atomic mass is 32.2. The summed E-state index contributed by atoms with van der Waals surface area (Å²) in [6, 6.07) is 10.4. The largest absolute Gasteiger partial charge is 0.485 e. The van der Waals surface area contributed by atoms with E-state index in [2.05, 4.69) is 80.1 Å². The molecule has 0 aliphatic rings. The summed E-state index contributed by atoms with van der Waals surface area (Å²) < 4.78 is 8.10. The first-order chi connectivity index (χ1) is 16.2. The van der Waals surface area contributed by atoms with E-state index >= 15 is 0 Å². The van der Waals surface area contributed by atoms with Gasteiger partial charge in [0.15, 0.2) is 11.0 Å². The van der Waals surface area contributed by atoms with Crippen molar-refractivity contribution in [2.75, 3.05) is 11.1 Å². The average molecular weight is 479 g/mol. The number of allylic oxidation sites excluding steroid dienone is 1. The van der Waals surface area contributed by atoms with Crippen LogP contribution in [0.4, 0.5) is 5.69 Å². The number of carbonyl (C=O) groups is 1. The number of hydrogen-bond donors (Lipinski definition) is 1. The van der Waals surface area contributed by atoms with Crippen molar-refractivity contribution in [1.82, 2.24) is 14.8 Å². The number of rotatable bonds is 10. The lowest BCUT2D eigenvalue weighted by Gasteiger charge is -2.15. The molecular weight excluding hydrogens is 444 g/mol. The Hall–Kier alpha value is -3.06. The summed E-state index contributed by atoms with van der Waals surface area (Å²) >= 11 is 1.36. The second-order valence-corrected chi connectivity index (χ2v) is 9.84. The van der Waals surface area contributed by atoms with Crippen LogP contribution < -0.4 is 10.1 Å². The highest BCUT2D eigenvalue weighted by Gasteiger charge is 2.16. The average Bonchev–Trinajstić information content (AvgIpc) is 3.15. The molecule has 0 bridgehead atoms. The van der Waals surface area contributed by atoms with E-state index < -0.39 is 0 Å². The van der Waals surface area contributed by atoms with Gasteiger partial charge in [-0.15, -0.1) is 16.8 Å². The third-order valence-corrected chi connectivity index (χ3v) is 6.49. The summed E-state index contributed by atoms with van der Waals surface area (Å²) in [6.45, 7) is 17.1. The van der Waals surface area contributed by atoms with Gasteiger partial charge in [-0.1, -0.05) is 61.5 Å². The first kappa shape index (κ1) is 25.6. The Balaban J connectivity index is 1.69. The molecule has 0 spiro atoms. The SMILES string of the molecule is C=CCn1c(COc2cc(C)ccc2C(C)C)nnc1SCC(=O)Nc1c(C)cc(C)cc1C. The smallest absolute Gasteiger partial charge is 0.234 e. The molecule has 2 aromatic carbocycles. The highest BCUT2D eigenvalue weighted by molar-refractivity contribution is 7.99. The number of benzene rings is 2. The maximum absolute atomic E-state index is 12.7. The molecule has 0 aliphatic carbocycles. The fraction of sp³-hybridized carbons (Fsp3) is 0.370. The summed E-state index contributed by atoms with van der Waals surface area (Å²) in [5.41, 5.74) is 6.48. The maximum Gasteiger partial charge on any atom is 0.234 e. The van der Waals surface area contributed by atoms with Crippen LogP contribution in [-0.4, -0.2) is 26.4 Å². The fourth-order valence-electron chi connectivity index (χ4n) is 3.91. The number of anilines is 1. The molecule has 0 radical (unpaired) electrons. The molecule has 1 N–H and O–H groups in total. The predicted molar refractivity (Wildman–Crippen MR) is 140 cm³/mol. The van der Waals surface area contributed by atoms with Gasteiger partial charge in [0.2, 0.25) is 5.91 Å². The summed E-state index contributed by atoms with van der Waals surface area (Å²) in [5, 5.41) is 12.4. The molecule has 3 rings (SSSR count). The van der Waals surface area contributed by atoms with E-state index in [1.165, 1.54) is 17.3 Å². The van der Waals surface area contributed by atoms with Crippen molar-refractivity contribution in [3.63, 3.8) is 0 Å². The summed E-state index contributed by atoms with van der Waals surface area (Å²) in [6.07, 6.45) is 1.79. The Labute approximate surface area is 206 Å². The molecule has 0 fully saturated rings. The fourth-order valence-corrected chi connectivity index (χ4v) is 4.68. The van der Waals surface area contributed by atoms with Gasteiger partial charge in [-0.05, 0) is 61.9 Å². The zero-order valence-corrected chi connectivity index (χ0v) is 21.8. The molecule has 1 amide bonds. The second-order valence-electron chi connectivity index (χ2n) is 8.89. The second kappa shape index (κ2) is 11.4. The van der Waals surface area contributed by atoms with Gasteiger partial charge in [0.05, 0.1) is 5.75 Å². The van der Waals surface area contributed by atoms with Crippen LogP contribution in [0.2, 0.25) is 0 Å². The molecule has 1 heterocycles. The van der Waals surface area contributed by atoms with E-state index in [0.29, 0.717) is 30.1 Å². The monoisotopic (exact) mass is 478 g/mol. The van der Waals surface area contributed by atoms with Crippen LogP contribution in [0.5, 0.6) is 5.75 Å². The maximum atomic E-state index is 12.7. The van der Waals surface area contributed by atoms with Gasteiger partial charge in [-0.2, -0.15) is 0 Å². The van der Waals surface area contributed by atoms with Crippen LogP contribution in [0.15, 0.2) is 48.1 Å².